The maximum absolute atomic E-state index is 13.4. The van der Waals surface area contributed by atoms with E-state index in [0.717, 1.165) is 28.1 Å². The summed E-state index contributed by atoms with van der Waals surface area (Å²) in [6.07, 6.45) is 4.43. The van der Waals surface area contributed by atoms with Gasteiger partial charge >= 0.3 is 0 Å². The molecule has 0 spiro atoms. The molecule has 1 aromatic heterocycles. The van der Waals surface area contributed by atoms with Crippen molar-refractivity contribution in [1.29, 1.82) is 0 Å². The molecular weight excluding hydrogens is 376 g/mol. The van der Waals surface area contributed by atoms with Gasteiger partial charge in [-0.2, -0.15) is 5.10 Å². The molecular formula is C21H23F2N5O. The highest BCUT2D eigenvalue weighted by atomic mass is 19.3. The zero-order chi connectivity index (χ0) is 20.2. The first-order chi connectivity index (χ1) is 13.9. The molecule has 5 rings (SSSR count). The molecule has 1 aromatic carbocycles. The number of alkyl halides is 2. The minimum absolute atomic E-state index is 0.0131. The van der Waals surface area contributed by atoms with Crippen molar-refractivity contribution in [2.75, 3.05) is 11.9 Å². The summed E-state index contributed by atoms with van der Waals surface area (Å²) in [6.45, 7) is 0.432. The molecule has 1 saturated carbocycles. The third-order valence-electron chi connectivity index (χ3n) is 6.02. The molecule has 0 bridgehead atoms. The van der Waals surface area contributed by atoms with E-state index >= 15 is 0 Å². The monoisotopic (exact) mass is 399 g/mol. The fourth-order valence-electron chi connectivity index (χ4n) is 4.24. The minimum atomic E-state index is -2.55. The van der Waals surface area contributed by atoms with Crippen LogP contribution in [-0.2, 0) is 11.8 Å². The largest absolute Gasteiger partial charge is 0.360 e. The smallest absolute Gasteiger partial charge is 0.253 e. The molecule has 1 atom stereocenters. The minimum Gasteiger partial charge on any atom is -0.360 e. The lowest BCUT2D eigenvalue weighted by Crippen LogP contribution is -2.34. The third-order valence-corrected chi connectivity index (χ3v) is 6.02. The maximum atomic E-state index is 13.4. The average Bonchev–Trinajstić information content (AvgIpc) is 3.33. The molecule has 1 amide bonds. The molecule has 2 aliphatic heterocycles. The Kier molecular flexibility index (Phi) is 4.11. The van der Waals surface area contributed by atoms with Gasteiger partial charge in [-0.25, -0.2) is 8.78 Å². The summed E-state index contributed by atoms with van der Waals surface area (Å²) in [5, 5.41) is 13.8. The topological polar surface area (TPSA) is 80.9 Å². The molecule has 152 valence electrons. The van der Waals surface area contributed by atoms with Crippen molar-refractivity contribution >= 4 is 17.2 Å². The molecule has 0 radical (unpaired) electrons. The summed E-state index contributed by atoms with van der Waals surface area (Å²) in [4.78, 5) is 13.0. The SMILES string of the molecule is Cn1cc(-c2ccc3c(c2)C(C(=O)NCC2CCC(F)(F)CC2)=C2NC2N3)cn1. The van der Waals surface area contributed by atoms with Gasteiger partial charge in [0.1, 0.15) is 6.17 Å². The van der Waals surface area contributed by atoms with E-state index in [9.17, 15) is 13.6 Å². The Morgan fingerprint density at radius 3 is 2.79 bits per heavy atom. The fraction of sp³-hybridized carbons (Fsp3) is 0.429. The zero-order valence-electron chi connectivity index (χ0n) is 16.1. The van der Waals surface area contributed by atoms with Crippen LogP contribution in [0.5, 0.6) is 0 Å². The lowest BCUT2D eigenvalue weighted by molar-refractivity contribution is -0.116. The van der Waals surface area contributed by atoms with Gasteiger partial charge in [-0.15, -0.1) is 0 Å². The second-order valence-corrected chi connectivity index (χ2v) is 8.18. The van der Waals surface area contributed by atoms with Gasteiger partial charge in [0, 0.05) is 49.4 Å². The summed E-state index contributed by atoms with van der Waals surface area (Å²) in [6, 6.07) is 5.98. The number of fused-ring (bicyclic) bond motifs is 2. The second-order valence-electron chi connectivity index (χ2n) is 8.18. The summed E-state index contributed by atoms with van der Waals surface area (Å²) in [7, 11) is 1.87. The molecule has 3 N–H and O–H groups in total. The van der Waals surface area contributed by atoms with Gasteiger partial charge < -0.3 is 16.0 Å². The van der Waals surface area contributed by atoms with Crippen LogP contribution in [0.3, 0.4) is 0 Å². The average molecular weight is 399 g/mol. The molecule has 29 heavy (non-hydrogen) atoms. The number of carbonyl (C=O) groups excluding carboxylic acids is 1. The number of rotatable bonds is 4. The van der Waals surface area contributed by atoms with Crippen molar-refractivity contribution in [3.63, 3.8) is 0 Å². The van der Waals surface area contributed by atoms with Crippen LogP contribution in [0.4, 0.5) is 14.5 Å². The maximum Gasteiger partial charge on any atom is 0.253 e. The number of aromatic nitrogens is 2. The standard InChI is InChI=1S/C21H23F2N5O/c1-28-11-14(10-25-28)13-2-3-16-15(8-13)17(18-19(26-16)27-18)20(29)24-9-12-4-6-21(22,23)7-5-12/h2-3,8,10-12,19,26-27H,4-7,9H2,1H3,(H,24,29). The van der Waals surface area contributed by atoms with E-state index in [1.807, 2.05) is 31.4 Å². The van der Waals surface area contributed by atoms with Crippen LogP contribution >= 0.6 is 0 Å². The molecule has 3 heterocycles. The van der Waals surface area contributed by atoms with Crippen molar-refractivity contribution in [3.05, 3.63) is 41.9 Å². The van der Waals surface area contributed by atoms with Gasteiger partial charge in [-0.3, -0.25) is 9.48 Å². The first-order valence-corrected chi connectivity index (χ1v) is 9.96. The molecule has 6 nitrogen and oxygen atoms in total. The summed E-state index contributed by atoms with van der Waals surface area (Å²) in [5.74, 6) is -2.60. The van der Waals surface area contributed by atoms with Crippen molar-refractivity contribution in [3.8, 4) is 11.1 Å². The zero-order valence-corrected chi connectivity index (χ0v) is 16.1. The van der Waals surface area contributed by atoms with E-state index in [1.54, 1.807) is 10.9 Å². The van der Waals surface area contributed by atoms with Gasteiger partial charge in [0.2, 0.25) is 5.92 Å². The third kappa shape index (κ3) is 3.47. The number of amides is 1. The normalized spacial score (nSPS) is 22.2. The van der Waals surface area contributed by atoms with E-state index in [-0.39, 0.29) is 30.8 Å². The number of halogens is 2. The fourth-order valence-corrected chi connectivity index (χ4v) is 4.24. The van der Waals surface area contributed by atoms with Crippen molar-refractivity contribution < 1.29 is 13.6 Å². The lowest BCUT2D eigenvalue weighted by atomic mass is 9.86. The van der Waals surface area contributed by atoms with Crippen LogP contribution in [0.1, 0.15) is 31.2 Å². The Hall–Kier alpha value is -2.90. The van der Waals surface area contributed by atoms with Crippen LogP contribution in [0.15, 0.2) is 36.3 Å². The number of nitrogens with one attached hydrogen (secondary N) is 3. The highest BCUT2D eigenvalue weighted by Crippen LogP contribution is 2.40. The number of anilines is 1. The van der Waals surface area contributed by atoms with Gasteiger partial charge in [0.15, 0.2) is 0 Å². The molecule has 2 aromatic rings. The van der Waals surface area contributed by atoms with Crippen LogP contribution in [0, 0.1) is 5.92 Å². The van der Waals surface area contributed by atoms with Crippen LogP contribution in [0.25, 0.3) is 16.7 Å². The van der Waals surface area contributed by atoms with E-state index in [0.29, 0.717) is 25.0 Å². The highest BCUT2D eigenvalue weighted by molar-refractivity contribution is 6.24. The summed E-state index contributed by atoms with van der Waals surface area (Å²) in [5.41, 5.74) is 5.23. The molecule has 3 aliphatic rings. The van der Waals surface area contributed by atoms with Crippen molar-refractivity contribution in [2.45, 2.75) is 37.8 Å². The lowest BCUT2D eigenvalue weighted by Gasteiger charge is -2.28. The Bertz CT molecular complexity index is 1000. The number of benzene rings is 1. The number of nitrogens with zero attached hydrogens (tertiary/aromatic N) is 2. The van der Waals surface area contributed by atoms with Crippen LogP contribution in [0.2, 0.25) is 0 Å². The van der Waals surface area contributed by atoms with E-state index in [2.05, 4.69) is 21.0 Å². The van der Waals surface area contributed by atoms with E-state index in [1.165, 1.54) is 0 Å². The Labute approximate surface area is 167 Å². The Balaban J connectivity index is 1.35. The quantitative estimate of drug-likeness (QED) is 0.690. The molecule has 1 aliphatic carbocycles. The predicted molar refractivity (Wildman–Crippen MR) is 106 cm³/mol. The predicted octanol–water partition coefficient (Wildman–Crippen LogP) is 3.09. The van der Waals surface area contributed by atoms with Crippen LogP contribution in [-0.4, -0.2) is 34.3 Å². The Morgan fingerprint density at radius 1 is 1.28 bits per heavy atom. The number of hydrogen-bond donors (Lipinski definition) is 3. The van der Waals surface area contributed by atoms with Crippen molar-refractivity contribution in [1.82, 2.24) is 20.4 Å². The number of aryl methyl sites for hydroxylation is 1. The molecule has 1 saturated heterocycles. The Morgan fingerprint density at radius 2 is 2.07 bits per heavy atom. The molecule has 8 heteroatoms. The molecule has 2 fully saturated rings. The first-order valence-electron chi connectivity index (χ1n) is 9.96. The van der Waals surface area contributed by atoms with Crippen LogP contribution < -0.4 is 16.0 Å². The first kappa shape index (κ1) is 18.1. The van der Waals surface area contributed by atoms with E-state index < -0.39 is 5.92 Å². The number of hydrogen-bond acceptors (Lipinski definition) is 4. The van der Waals surface area contributed by atoms with Gasteiger partial charge in [0.25, 0.3) is 5.91 Å². The summed E-state index contributed by atoms with van der Waals surface area (Å²) >= 11 is 0. The van der Waals surface area contributed by atoms with Crippen molar-refractivity contribution in [2.24, 2.45) is 13.0 Å². The number of carbonyl (C=O) groups is 1. The van der Waals surface area contributed by atoms with E-state index in [4.69, 9.17) is 0 Å². The highest BCUT2D eigenvalue weighted by Gasteiger charge is 2.41. The van der Waals surface area contributed by atoms with Gasteiger partial charge in [-0.1, -0.05) is 6.07 Å². The van der Waals surface area contributed by atoms with Gasteiger partial charge in [0.05, 0.1) is 17.5 Å². The second kappa shape index (κ2) is 6.57. The summed E-state index contributed by atoms with van der Waals surface area (Å²) < 4.78 is 28.4. The molecule has 1 unspecified atom stereocenters. The van der Waals surface area contributed by atoms with Gasteiger partial charge in [-0.05, 0) is 36.5 Å².